The lowest BCUT2D eigenvalue weighted by Gasteiger charge is -2.26. The van der Waals surface area contributed by atoms with Crippen molar-refractivity contribution in [2.75, 3.05) is 9.80 Å². The van der Waals surface area contributed by atoms with Crippen molar-refractivity contribution in [3.8, 4) is 22.4 Å². The molecule has 0 aliphatic heterocycles. The predicted molar refractivity (Wildman–Crippen MR) is 320 cm³/mol. The molecular weight excluding hydrogens is 953 g/mol. The van der Waals surface area contributed by atoms with Crippen LogP contribution in [0.2, 0.25) is 0 Å². The quantitative estimate of drug-likeness (QED) is 0.136. The molecule has 0 amide bonds. The number of hydrogen-bond acceptors (Lipinski definition) is 6. The fourth-order valence-corrected chi connectivity index (χ4v) is 11.6. The zero-order chi connectivity index (χ0) is 51.5. The molecule has 0 atom stereocenters. The summed E-state index contributed by atoms with van der Waals surface area (Å²) in [6.07, 6.45) is 5.54. The van der Waals surface area contributed by atoms with Crippen molar-refractivity contribution >= 4 is 94.6 Å². The Hall–Kier alpha value is -10.7. The van der Waals surface area contributed by atoms with Crippen molar-refractivity contribution in [1.29, 1.82) is 0 Å². The summed E-state index contributed by atoms with van der Waals surface area (Å²) in [4.78, 5) is 26.1. The Labute approximate surface area is 449 Å². The van der Waals surface area contributed by atoms with Crippen LogP contribution in [-0.4, -0.2) is 28.7 Å². The topological polar surface area (TPSA) is 66.9 Å². The van der Waals surface area contributed by atoms with Gasteiger partial charge in [0.15, 0.2) is 11.3 Å². The van der Waals surface area contributed by atoms with Gasteiger partial charge >= 0.3 is 0 Å². The van der Waals surface area contributed by atoms with E-state index in [0.29, 0.717) is 0 Å². The third kappa shape index (κ3) is 7.30. The summed E-state index contributed by atoms with van der Waals surface area (Å²) in [5.41, 5.74) is 19.2. The van der Waals surface area contributed by atoms with Crippen LogP contribution >= 0.6 is 0 Å². The molecule has 8 nitrogen and oxygen atoms in total. The highest BCUT2D eigenvalue weighted by molar-refractivity contribution is 6.25. The van der Waals surface area contributed by atoms with E-state index in [1.807, 2.05) is 36.8 Å². The van der Waals surface area contributed by atoms with E-state index in [4.69, 9.17) is 19.9 Å². The summed E-state index contributed by atoms with van der Waals surface area (Å²) < 4.78 is 4.72. The van der Waals surface area contributed by atoms with Crippen LogP contribution in [0.4, 0.5) is 34.1 Å². The van der Waals surface area contributed by atoms with E-state index >= 15 is 0 Å². The second-order valence-electron chi connectivity index (χ2n) is 19.5. The van der Waals surface area contributed by atoms with Gasteiger partial charge in [-0.05, 0) is 95.1 Å². The first-order valence-corrected chi connectivity index (χ1v) is 26.2. The van der Waals surface area contributed by atoms with E-state index in [1.54, 1.807) is 0 Å². The first-order valence-electron chi connectivity index (χ1n) is 26.2. The average Bonchev–Trinajstić information content (AvgIpc) is 4.21. The molecular formula is C70H46N8. The van der Waals surface area contributed by atoms with Gasteiger partial charge in [-0.2, -0.15) is 0 Å². The van der Waals surface area contributed by atoms with E-state index in [-0.39, 0.29) is 0 Å². The van der Waals surface area contributed by atoms with E-state index in [1.165, 1.54) is 0 Å². The Kier molecular flexibility index (Phi) is 10.7. The monoisotopic (exact) mass is 998 g/mol. The van der Waals surface area contributed by atoms with E-state index in [9.17, 15) is 0 Å². The number of fused-ring (bicyclic) bond motifs is 7. The van der Waals surface area contributed by atoms with Crippen molar-refractivity contribution in [3.63, 3.8) is 0 Å². The van der Waals surface area contributed by atoms with Crippen LogP contribution in [0.5, 0.6) is 0 Å². The number of para-hydroxylation sites is 5. The van der Waals surface area contributed by atoms with Gasteiger partial charge in [-0.15, -0.1) is 0 Å². The number of aromatic nitrogens is 6. The Bertz CT molecular complexity index is 4530. The lowest BCUT2D eigenvalue weighted by molar-refractivity contribution is 0.997. The molecule has 0 radical (unpaired) electrons. The number of anilines is 6. The first-order chi connectivity index (χ1) is 38.7. The Morgan fingerprint density at radius 1 is 0.333 bits per heavy atom. The molecule has 0 saturated carbocycles. The van der Waals surface area contributed by atoms with Crippen molar-refractivity contribution in [3.05, 3.63) is 296 Å². The van der Waals surface area contributed by atoms with Gasteiger partial charge in [-0.1, -0.05) is 188 Å². The summed E-state index contributed by atoms with van der Waals surface area (Å²) in [5.74, 6) is 0. The smallest absolute Gasteiger partial charge is 0.165 e. The van der Waals surface area contributed by atoms with Gasteiger partial charge in [0.25, 0.3) is 0 Å². The minimum absolute atomic E-state index is 0.728. The molecule has 0 aliphatic rings. The summed E-state index contributed by atoms with van der Waals surface area (Å²) >= 11 is 0. The van der Waals surface area contributed by atoms with E-state index < -0.39 is 0 Å². The first kappa shape index (κ1) is 44.8. The van der Waals surface area contributed by atoms with Gasteiger partial charge in [0.05, 0.1) is 22.9 Å². The molecule has 78 heavy (non-hydrogen) atoms. The summed E-state index contributed by atoms with van der Waals surface area (Å²) in [7, 11) is 0. The Balaban J connectivity index is 1.12. The van der Waals surface area contributed by atoms with E-state index in [2.05, 4.69) is 261 Å². The van der Waals surface area contributed by atoms with E-state index in [0.717, 1.165) is 134 Å². The van der Waals surface area contributed by atoms with Crippen LogP contribution in [0.25, 0.3) is 82.9 Å². The van der Waals surface area contributed by atoms with Crippen LogP contribution in [-0.2, 0) is 0 Å². The maximum atomic E-state index is 5.51. The molecule has 15 rings (SSSR count). The van der Waals surface area contributed by atoms with Gasteiger partial charge in [-0.3, -0.25) is 13.8 Å². The molecule has 366 valence electrons. The summed E-state index contributed by atoms with van der Waals surface area (Å²) in [6, 6.07) is 92.3. The molecule has 15 aromatic rings. The Morgan fingerprint density at radius 2 is 0.769 bits per heavy atom. The Morgan fingerprint density at radius 3 is 1.31 bits per heavy atom. The van der Waals surface area contributed by atoms with Crippen LogP contribution in [0, 0.1) is 0 Å². The molecule has 5 aromatic heterocycles. The zero-order valence-electron chi connectivity index (χ0n) is 42.1. The summed E-state index contributed by atoms with van der Waals surface area (Å²) in [5, 5.41) is 4.14. The van der Waals surface area contributed by atoms with Gasteiger partial charge in [0.1, 0.15) is 16.5 Å². The van der Waals surface area contributed by atoms with Gasteiger partial charge < -0.3 is 9.80 Å². The molecule has 0 aliphatic carbocycles. The van der Waals surface area contributed by atoms with Crippen molar-refractivity contribution in [2.45, 2.75) is 0 Å². The zero-order valence-corrected chi connectivity index (χ0v) is 42.1. The fourth-order valence-electron chi connectivity index (χ4n) is 11.6. The second-order valence-corrected chi connectivity index (χ2v) is 19.5. The molecule has 0 N–H and O–H groups in total. The normalized spacial score (nSPS) is 11.6. The van der Waals surface area contributed by atoms with Crippen molar-refractivity contribution in [1.82, 2.24) is 28.7 Å². The molecule has 0 fully saturated rings. The summed E-state index contributed by atoms with van der Waals surface area (Å²) in [6.45, 7) is 0. The molecule has 0 saturated heterocycles. The van der Waals surface area contributed by atoms with Gasteiger partial charge in [0, 0.05) is 79.2 Å². The predicted octanol–water partition coefficient (Wildman–Crippen LogP) is 16.6. The largest absolute Gasteiger partial charge is 0.311 e. The minimum atomic E-state index is 0.728. The highest BCUT2D eigenvalue weighted by Crippen LogP contribution is 2.43. The lowest BCUT2D eigenvalue weighted by atomic mass is 9.97. The minimum Gasteiger partial charge on any atom is -0.311 e. The lowest BCUT2D eigenvalue weighted by Crippen LogP contribution is -2.25. The number of hydrogen-bond donors (Lipinski definition) is 0. The second kappa shape index (κ2) is 18.6. The van der Waals surface area contributed by atoms with Gasteiger partial charge in [0.2, 0.25) is 0 Å². The van der Waals surface area contributed by atoms with Crippen LogP contribution in [0.3, 0.4) is 0 Å². The number of nitrogens with zero attached hydrogens (tertiary/aromatic N) is 8. The molecule has 0 bridgehead atoms. The van der Waals surface area contributed by atoms with Gasteiger partial charge in [-0.25, -0.2) is 15.0 Å². The van der Waals surface area contributed by atoms with Crippen LogP contribution in [0.15, 0.2) is 279 Å². The maximum Gasteiger partial charge on any atom is 0.165 e. The van der Waals surface area contributed by atoms with Crippen LogP contribution < -0.4 is 15.3 Å². The van der Waals surface area contributed by atoms with Crippen LogP contribution in [0.1, 0.15) is 11.1 Å². The third-order valence-corrected chi connectivity index (χ3v) is 15.0. The molecule has 0 spiro atoms. The third-order valence-electron chi connectivity index (χ3n) is 15.0. The van der Waals surface area contributed by atoms with Crippen molar-refractivity contribution < 1.29 is 0 Å². The number of benzene rings is 10. The maximum absolute atomic E-state index is 5.51. The highest BCUT2D eigenvalue weighted by Gasteiger charge is 2.26. The molecule has 0 unspecified atom stereocenters. The SMILES string of the molecule is c1ccc(-c2cnc3c(n2)c2cccc4c5ccc(-c6ccccc6)c6c7nccnc7n(c(=C(c7ccc(N(c8ccccc8)c8ccccc8)cc7)c7ccc(N(c8ccccc8)c8ccccc8)cc7)n3c42)c56)cc1. The molecule has 5 heterocycles. The standard InChI is InChI=1S/C70H46N8/c1-7-20-47(21-8-1)57-42-43-59-58-32-19-33-60-64-68(73-46-61(74-64)48-22-9-2-10-23-48)77(66(58)60)70(78-67(59)63(57)65-69(78)72-45-44-71-65)62(49-34-38-55(39-35-49)75(51-24-11-3-12-25-51)52-26-13-4-14-27-52)50-36-40-56(41-37-50)76(53-28-15-5-16-29-53)54-30-17-6-18-31-54/h1-46H. The molecule has 8 heteroatoms. The van der Waals surface area contributed by atoms with Crippen molar-refractivity contribution in [2.24, 2.45) is 0 Å². The highest BCUT2D eigenvalue weighted by atomic mass is 15.2. The number of rotatable bonds is 10. The average molecular weight is 999 g/mol. The molecule has 10 aromatic carbocycles. The fraction of sp³-hybridized carbons (Fsp3) is 0.